The molecule has 0 fully saturated rings. The summed E-state index contributed by atoms with van der Waals surface area (Å²) < 4.78 is 13.4. The number of halogens is 2. The quantitative estimate of drug-likeness (QED) is 0.887. The van der Waals surface area contributed by atoms with Crippen LogP contribution in [0.4, 0.5) is 4.39 Å². The van der Waals surface area contributed by atoms with Crippen LogP contribution in [0.1, 0.15) is 21.4 Å². The molecule has 1 aromatic heterocycles. The van der Waals surface area contributed by atoms with E-state index in [9.17, 15) is 9.50 Å². The number of hydrogen-bond donors (Lipinski definition) is 1. The maximum atomic E-state index is 13.0. The molecule has 1 N–H and O–H groups in total. The lowest BCUT2D eigenvalue weighted by atomic mass is 10.1. The molecule has 0 spiro atoms. The maximum absolute atomic E-state index is 13.0. The number of aliphatic hydroxyl groups is 1. The molecule has 0 aliphatic carbocycles. The standard InChI is InChI=1S/C12H10BrFOS/c1-7-2-5-11(16-7)12(15)8-3-4-10(14)9(13)6-8/h2-6,12,15H,1H3. The molecule has 16 heavy (non-hydrogen) atoms. The average Bonchev–Trinajstić information content (AvgIpc) is 2.68. The van der Waals surface area contributed by atoms with Crippen LogP contribution in [0.15, 0.2) is 34.8 Å². The Kier molecular flexibility index (Phi) is 3.42. The van der Waals surface area contributed by atoms with Gasteiger partial charge in [-0.25, -0.2) is 4.39 Å². The lowest BCUT2D eigenvalue weighted by Crippen LogP contribution is -1.97. The van der Waals surface area contributed by atoms with E-state index in [2.05, 4.69) is 15.9 Å². The number of rotatable bonds is 2. The predicted molar refractivity (Wildman–Crippen MR) is 67.2 cm³/mol. The van der Waals surface area contributed by atoms with E-state index in [4.69, 9.17) is 0 Å². The molecule has 0 aliphatic heterocycles. The number of thiophene rings is 1. The highest BCUT2D eigenvalue weighted by Crippen LogP contribution is 2.30. The van der Waals surface area contributed by atoms with Gasteiger partial charge in [-0.05, 0) is 52.7 Å². The van der Waals surface area contributed by atoms with Crippen LogP contribution in [-0.4, -0.2) is 5.11 Å². The van der Waals surface area contributed by atoms with Gasteiger partial charge < -0.3 is 5.11 Å². The second kappa shape index (κ2) is 4.65. The van der Waals surface area contributed by atoms with E-state index < -0.39 is 6.10 Å². The molecule has 1 nitrogen and oxygen atoms in total. The van der Waals surface area contributed by atoms with Crippen LogP contribution in [-0.2, 0) is 0 Å². The molecule has 1 atom stereocenters. The van der Waals surface area contributed by atoms with Gasteiger partial charge in [0.2, 0.25) is 0 Å². The third-order valence-corrected chi connectivity index (χ3v) is 3.95. The highest BCUT2D eigenvalue weighted by molar-refractivity contribution is 9.10. The third-order valence-electron chi connectivity index (χ3n) is 2.29. The summed E-state index contributed by atoms with van der Waals surface area (Å²) in [7, 11) is 0. The molecular formula is C12H10BrFOS. The van der Waals surface area contributed by atoms with Gasteiger partial charge in [0.15, 0.2) is 0 Å². The van der Waals surface area contributed by atoms with Crippen LogP contribution in [0.5, 0.6) is 0 Å². The minimum absolute atomic E-state index is 0.321. The molecule has 0 saturated carbocycles. The van der Waals surface area contributed by atoms with Crippen LogP contribution < -0.4 is 0 Å². The molecular weight excluding hydrogens is 291 g/mol. The van der Waals surface area contributed by atoms with Crippen molar-refractivity contribution in [2.75, 3.05) is 0 Å². The largest absolute Gasteiger partial charge is 0.383 e. The molecule has 0 amide bonds. The van der Waals surface area contributed by atoms with Crippen molar-refractivity contribution in [1.29, 1.82) is 0 Å². The zero-order valence-corrected chi connectivity index (χ0v) is 11.0. The van der Waals surface area contributed by atoms with E-state index in [1.165, 1.54) is 6.07 Å². The molecule has 4 heteroatoms. The van der Waals surface area contributed by atoms with E-state index >= 15 is 0 Å². The lowest BCUT2D eigenvalue weighted by Gasteiger charge is -2.09. The number of aliphatic hydroxyl groups excluding tert-OH is 1. The molecule has 84 valence electrons. The average molecular weight is 301 g/mol. The summed E-state index contributed by atoms with van der Waals surface area (Å²) in [5.74, 6) is -0.321. The topological polar surface area (TPSA) is 20.2 Å². The van der Waals surface area contributed by atoms with Gasteiger partial charge in [0.05, 0.1) is 4.47 Å². The SMILES string of the molecule is Cc1ccc(C(O)c2ccc(F)c(Br)c2)s1. The Hall–Kier alpha value is -0.710. The summed E-state index contributed by atoms with van der Waals surface area (Å²) >= 11 is 4.65. The number of aryl methyl sites for hydroxylation is 1. The summed E-state index contributed by atoms with van der Waals surface area (Å²) in [4.78, 5) is 2.02. The van der Waals surface area contributed by atoms with Crippen molar-refractivity contribution in [1.82, 2.24) is 0 Å². The van der Waals surface area contributed by atoms with Crippen molar-refractivity contribution >= 4 is 27.3 Å². The van der Waals surface area contributed by atoms with Gasteiger partial charge in [-0.1, -0.05) is 6.07 Å². The van der Waals surface area contributed by atoms with Crippen LogP contribution in [0.3, 0.4) is 0 Å². The number of benzene rings is 1. The van der Waals surface area contributed by atoms with Crippen LogP contribution >= 0.6 is 27.3 Å². The summed E-state index contributed by atoms with van der Waals surface area (Å²) in [6.45, 7) is 1.99. The Morgan fingerprint density at radius 1 is 1.31 bits per heavy atom. The van der Waals surface area contributed by atoms with Gasteiger partial charge >= 0.3 is 0 Å². The second-order valence-corrected chi connectivity index (χ2v) is 5.70. The van der Waals surface area contributed by atoms with Crippen molar-refractivity contribution in [3.05, 3.63) is 55.9 Å². The first kappa shape index (κ1) is 11.8. The first-order valence-electron chi connectivity index (χ1n) is 4.77. The smallest absolute Gasteiger partial charge is 0.137 e. The normalized spacial score (nSPS) is 12.8. The molecule has 1 unspecified atom stereocenters. The molecule has 0 aliphatic rings. The van der Waals surface area contributed by atoms with Crippen molar-refractivity contribution in [3.63, 3.8) is 0 Å². The fourth-order valence-electron chi connectivity index (χ4n) is 1.45. The number of hydrogen-bond acceptors (Lipinski definition) is 2. The molecule has 0 saturated heterocycles. The van der Waals surface area contributed by atoms with Crippen LogP contribution in [0.2, 0.25) is 0 Å². The van der Waals surface area contributed by atoms with Crippen molar-refractivity contribution in [2.45, 2.75) is 13.0 Å². The van der Waals surface area contributed by atoms with Gasteiger partial charge in [0, 0.05) is 9.75 Å². The molecule has 1 aromatic carbocycles. The van der Waals surface area contributed by atoms with Crippen LogP contribution in [0.25, 0.3) is 0 Å². The van der Waals surface area contributed by atoms with Gasteiger partial charge in [0.1, 0.15) is 11.9 Å². The Morgan fingerprint density at radius 3 is 2.62 bits per heavy atom. The summed E-state index contributed by atoms with van der Waals surface area (Å²) in [5.41, 5.74) is 0.690. The first-order valence-corrected chi connectivity index (χ1v) is 6.38. The fraction of sp³-hybridized carbons (Fsp3) is 0.167. The highest BCUT2D eigenvalue weighted by Gasteiger charge is 2.13. The van der Waals surface area contributed by atoms with Crippen molar-refractivity contribution in [3.8, 4) is 0 Å². The summed E-state index contributed by atoms with van der Waals surface area (Å²) in [5, 5.41) is 10.1. The zero-order chi connectivity index (χ0) is 11.7. The Bertz CT molecular complexity index is 509. The monoisotopic (exact) mass is 300 g/mol. The van der Waals surface area contributed by atoms with E-state index in [0.29, 0.717) is 10.0 Å². The van der Waals surface area contributed by atoms with Crippen molar-refractivity contribution in [2.24, 2.45) is 0 Å². The minimum atomic E-state index is -0.685. The Morgan fingerprint density at radius 2 is 2.06 bits per heavy atom. The molecule has 2 aromatic rings. The fourth-order valence-corrected chi connectivity index (χ4v) is 2.74. The molecule has 1 heterocycles. The highest BCUT2D eigenvalue weighted by atomic mass is 79.9. The molecule has 0 radical (unpaired) electrons. The Labute approximate surface area is 106 Å². The van der Waals surface area contributed by atoms with Gasteiger partial charge in [-0.15, -0.1) is 11.3 Å². The third kappa shape index (κ3) is 2.34. The van der Waals surface area contributed by atoms with Gasteiger partial charge in [-0.3, -0.25) is 0 Å². The summed E-state index contributed by atoms with van der Waals surface area (Å²) in [6.07, 6.45) is -0.685. The van der Waals surface area contributed by atoms with E-state index in [0.717, 1.165) is 9.75 Å². The van der Waals surface area contributed by atoms with E-state index in [1.54, 1.807) is 23.5 Å². The maximum Gasteiger partial charge on any atom is 0.137 e. The van der Waals surface area contributed by atoms with Gasteiger partial charge in [0.25, 0.3) is 0 Å². The Balaban J connectivity index is 2.33. The second-order valence-electron chi connectivity index (χ2n) is 3.52. The zero-order valence-electron chi connectivity index (χ0n) is 8.58. The van der Waals surface area contributed by atoms with Crippen LogP contribution in [0, 0.1) is 12.7 Å². The van der Waals surface area contributed by atoms with E-state index in [-0.39, 0.29) is 5.82 Å². The molecule has 0 bridgehead atoms. The minimum Gasteiger partial charge on any atom is -0.383 e. The first-order chi connectivity index (χ1) is 7.58. The lowest BCUT2D eigenvalue weighted by molar-refractivity contribution is 0.224. The van der Waals surface area contributed by atoms with E-state index in [1.807, 2.05) is 19.1 Å². The predicted octanol–water partition coefficient (Wildman–Crippen LogP) is 4.04. The molecule has 2 rings (SSSR count). The van der Waals surface area contributed by atoms with Crippen molar-refractivity contribution < 1.29 is 9.50 Å². The summed E-state index contributed by atoms with van der Waals surface area (Å²) in [6, 6.07) is 8.40. The van der Waals surface area contributed by atoms with Gasteiger partial charge in [-0.2, -0.15) is 0 Å².